The summed E-state index contributed by atoms with van der Waals surface area (Å²) in [4.78, 5) is 11.3. The summed E-state index contributed by atoms with van der Waals surface area (Å²) < 4.78 is 10.8. The largest absolute Gasteiger partial charge is 0.399 e. The molecule has 82 valence electrons. The number of benzene rings is 1. The molecule has 4 nitrogen and oxygen atoms in total. The summed E-state index contributed by atoms with van der Waals surface area (Å²) in [6.07, 6.45) is 1.49. The molecule has 0 fully saturated rings. The van der Waals surface area contributed by atoms with Crippen molar-refractivity contribution in [3.05, 3.63) is 23.8 Å². The highest BCUT2D eigenvalue weighted by Gasteiger charge is 2.06. The third kappa shape index (κ3) is 3.71. The monoisotopic (exact) mass is 226 g/mol. The lowest BCUT2D eigenvalue weighted by Crippen LogP contribution is -2.19. The standard InChI is InChI=1S/C10H14N2O2S/c1-7-3-4-8(11)5-9(7)12-10(13)6-15(2)14/h3-5H,6,11H2,1-2H3,(H,12,13). The van der Waals surface area contributed by atoms with Crippen LogP contribution in [0.25, 0.3) is 0 Å². The molecule has 0 aromatic heterocycles. The molecule has 1 unspecified atom stereocenters. The number of amides is 1. The molecule has 0 radical (unpaired) electrons. The van der Waals surface area contributed by atoms with Crippen LogP contribution in [0.3, 0.4) is 0 Å². The van der Waals surface area contributed by atoms with Gasteiger partial charge in [-0.3, -0.25) is 9.00 Å². The summed E-state index contributed by atoms with van der Waals surface area (Å²) in [5, 5.41) is 2.67. The van der Waals surface area contributed by atoms with E-state index in [1.54, 1.807) is 12.1 Å². The van der Waals surface area contributed by atoms with Crippen LogP contribution in [0.1, 0.15) is 5.56 Å². The lowest BCUT2D eigenvalue weighted by atomic mass is 10.2. The van der Waals surface area contributed by atoms with E-state index in [4.69, 9.17) is 5.73 Å². The van der Waals surface area contributed by atoms with E-state index in [-0.39, 0.29) is 11.7 Å². The summed E-state index contributed by atoms with van der Waals surface area (Å²) >= 11 is 0. The Hall–Kier alpha value is -1.36. The van der Waals surface area contributed by atoms with Gasteiger partial charge in [-0.25, -0.2) is 0 Å². The lowest BCUT2D eigenvalue weighted by Gasteiger charge is -2.08. The molecule has 1 amide bonds. The number of hydrogen-bond donors (Lipinski definition) is 2. The molecule has 1 aromatic carbocycles. The molecule has 1 rings (SSSR count). The Bertz CT molecular complexity index is 404. The van der Waals surface area contributed by atoms with E-state index in [1.807, 2.05) is 13.0 Å². The molecule has 1 atom stereocenters. The minimum Gasteiger partial charge on any atom is -0.399 e. The number of hydrogen-bond acceptors (Lipinski definition) is 3. The summed E-state index contributed by atoms with van der Waals surface area (Å²) in [7, 11) is -1.12. The predicted octanol–water partition coefficient (Wildman–Crippen LogP) is 0.894. The van der Waals surface area contributed by atoms with Gasteiger partial charge in [0.15, 0.2) is 0 Å². The van der Waals surface area contributed by atoms with Crippen molar-refractivity contribution in [3.63, 3.8) is 0 Å². The molecule has 0 saturated carbocycles. The molecular formula is C10H14N2O2S. The first-order chi connectivity index (χ1) is 6.99. The number of rotatable bonds is 3. The summed E-state index contributed by atoms with van der Waals surface area (Å²) in [5.74, 6) is -0.252. The molecule has 0 heterocycles. The molecule has 0 bridgehead atoms. The number of aryl methyl sites for hydroxylation is 1. The van der Waals surface area contributed by atoms with Crippen molar-refractivity contribution in [2.24, 2.45) is 0 Å². The van der Waals surface area contributed by atoms with Gasteiger partial charge in [-0.1, -0.05) is 6.07 Å². The van der Waals surface area contributed by atoms with Crippen LogP contribution in [0.4, 0.5) is 11.4 Å². The third-order valence-electron chi connectivity index (χ3n) is 1.87. The topological polar surface area (TPSA) is 72.2 Å². The zero-order chi connectivity index (χ0) is 11.4. The second-order valence-electron chi connectivity index (χ2n) is 3.34. The van der Waals surface area contributed by atoms with Gasteiger partial charge in [-0.2, -0.15) is 0 Å². The Kier molecular flexibility index (Phi) is 3.85. The fraction of sp³-hybridized carbons (Fsp3) is 0.300. The maximum Gasteiger partial charge on any atom is 0.236 e. The highest BCUT2D eigenvalue weighted by Crippen LogP contribution is 2.17. The van der Waals surface area contributed by atoms with Crippen molar-refractivity contribution >= 4 is 28.1 Å². The van der Waals surface area contributed by atoms with Crippen molar-refractivity contribution in [1.82, 2.24) is 0 Å². The quantitative estimate of drug-likeness (QED) is 0.752. The second-order valence-corrected chi connectivity index (χ2v) is 4.78. The lowest BCUT2D eigenvalue weighted by molar-refractivity contribution is -0.113. The zero-order valence-corrected chi connectivity index (χ0v) is 9.56. The first-order valence-electron chi connectivity index (χ1n) is 4.45. The van der Waals surface area contributed by atoms with Crippen LogP contribution in [0, 0.1) is 6.92 Å². The number of nitrogens with one attached hydrogen (secondary N) is 1. The average Bonchev–Trinajstić information content (AvgIpc) is 2.10. The molecule has 0 aliphatic rings. The van der Waals surface area contributed by atoms with Crippen LogP contribution in [-0.4, -0.2) is 22.1 Å². The number of nitrogen functional groups attached to an aromatic ring is 1. The van der Waals surface area contributed by atoms with E-state index in [2.05, 4.69) is 5.32 Å². The number of carbonyl (C=O) groups excluding carboxylic acids is 1. The maximum absolute atomic E-state index is 11.3. The van der Waals surface area contributed by atoms with Gasteiger partial charge in [0, 0.05) is 28.4 Å². The Morgan fingerprint density at radius 1 is 1.53 bits per heavy atom. The van der Waals surface area contributed by atoms with E-state index in [1.165, 1.54) is 6.26 Å². The Labute approximate surface area is 91.3 Å². The Morgan fingerprint density at radius 3 is 2.80 bits per heavy atom. The van der Waals surface area contributed by atoms with Crippen molar-refractivity contribution < 1.29 is 9.00 Å². The molecule has 0 saturated heterocycles. The van der Waals surface area contributed by atoms with Crippen molar-refractivity contribution in [2.75, 3.05) is 23.1 Å². The molecule has 5 heteroatoms. The predicted molar refractivity (Wildman–Crippen MR) is 63.2 cm³/mol. The zero-order valence-electron chi connectivity index (χ0n) is 8.74. The molecular weight excluding hydrogens is 212 g/mol. The SMILES string of the molecule is Cc1ccc(N)cc1NC(=O)CS(C)=O. The third-order valence-corrected chi connectivity index (χ3v) is 2.54. The van der Waals surface area contributed by atoms with Crippen molar-refractivity contribution in [2.45, 2.75) is 6.92 Å². The van der Waals surface area contributed by atoms with Crippen molar-refractivity contribution in [3.8, 4) is 0 Å². The molecule has 0 aliphatic carbocycles. The summed E-state index contributed by atoms with van der Waals surface area (Å²) in [6, 6.07) is 5.28. The second kappa shape index (κ2) is 4.93. The van der Waals surface area contributed by atoms with Gasteiger partial charge in [0.25, 0.3) is 0 Å². The van der Waals surface area contributed by atoms with Crippen LogP contribution in [0.15, 0.2) is 18.2 Å². The van der Waals surface area contributed by atoms with Crippen LogP contribution < -0.4 is 11.1 Å². The average molecular weight is 226 g/mol. The van der Waals surface area contributed by atoms with Crippen LogP contribution in [0.2, 0.25) is 0 Å². The summed E-state index contributed by atoms with van der Waals surface area (Å²) in [6.45, 7) is 1.87. The normalized spacial score (nSPS) is 12.1. The van der Waals surface area contributed by atoms with E-state index < -0.39 is 10.8 Å². The number of anilines is 2. The van der Waals surface area contributed by atoms with Gasteiger partial charge in [-0.05, 0) is 24.6 Å². The smallest absolute Gasteiger partial charge is 0.236 e. The molecule has 15 heavy (non-hydrogen) atoms. The van der Waals surface area contributed by atoms with E-state index in [9.17, 15) is 9.00 Å². The van der Waals surface area contributed by atoms with Gasteiger partial charge in [-0.15, -0.1) is 0 Å². The van der Waals surface area contributed by atoms with Gasteiger partial charge >= 0.3 is 0 Å². The van der Waals surface area contributed by atoms with E-state index in [0.29, 0.717) is 11.4 Å². The summed E-state index contributed by atoms with van der Waals surface area (Å²) in [5.41, 5.74) is 7.79. The highest BCUT2D eigenvalue weighted by molar-refractivity contribution is 7.85. The van der Waals surface area contributed by atoms with Crippen LogP contribution >= 0.6 is 0 Å². The van der Waals surface area contributed by atoms with Gasteiger partial charge in [0.1, 0.15) is 5.75 Å². The molecule has 3 N–H and O–H groups in total. The van der Waals surface area contributed by atoms with Gasteiger partial charge < -0.3 is 11.1 Å². The van der Waals surface area contributed by atoms with Crippen molar-refractivity contribution in [1.29, 1.82) is 0 Å². The van der Waals surface area contributed by atoms with Crippen LogP contribution in [0.5, 0.6) is 0 Å². The fourth-order valence-electron chi connectivity index (χ4n) is 1.15. The minimum atomic E-state index is -1.12. The number of carbonyl (C=O) groups is 1. The molecule has 1 aromatic rings. The number of nitrogens with two attached hydrogens (primary N) is 1. The highest BCUT2D eigenvalue weighted by atomic mass is 32.2. The van der Waals surface area contributed by atoms with Crippen LogP contribution in [-0.2, 0) is 15.6 Å². The van der Waals surface area contributed by atoms with E-state index in [0.717, 1.165) is 5.56 Å². The first-order valence-corrected chi connectivity index (χ1v) is 6.18. The minimum absolute atomic E-state index is 0.00817. The van der Waals surface area contributed by atoms with Gasteiger partial charge in [0.05, 0.1) is 0 Å². The fourth-order valence-corrected chi connectivity index (χ4v) is 1.59. The van der Waals surface area contributed by atoms with Gasteiger partial charge in [0.2, 0.25) is 5.91 Å². The Balaban J connectivity index is 2.76. The Morgan fingerprint density at radius 2 is 2.20 bits per heavy atom. The first kappa shape index (κ1) is 11.7. The maximum atomic E-state index is 11.3. The van der Waals surface area contributed by atoms with E-state index >= 15 is 0 Å². The molecule has 0 spiro atoms. The molecule has 0 aliphatic heterocycles.